The molecule has 2 rings (SSSR count). The predicted molar refractivity (Wildman–Crippen MR) is 98.5 cm³/mol. The Bertz CT molecular complexity index is 752. The van der Waals surface area contributed by atoms with Gasteiger partial charge in [0.25, 0.3) is 0 Å². The summed E-state index contributed by atoms with van der Waals surface area (Å²) in [6.45, 7) is 6.63. The van der Waals surface area contributed by atoms with Gasteiger partial charge in [-0.15, -0.1) is 10.2 Å². The maximum absolute atomic E-state index is 12.2. The SMILES string of the molecule is CCn1c(CCC(N)=O)nnc1SCC(=O)Nc1cc(C)cc(C)c1. The molecule has 7 nitrogen and oxygen atoms in total. The molecule has 0 spiro atoms. The number of thioether (sulfide) groups is 1. The van der Waals surface area contributed by atoms with Crippen LogP contribution >= 0.6 is 11.8 Å². The van der Waals surface area contributed by atoms with Gasteiger partial charge >= 0.3 is 0 Å². The second-order valence-electron chi connectivity index (χ2n) is 5.82. The second kappa shape index (κ2) is 8.66. The minimum absolute atomic E-state index is 0.0978. The van der Waals surface area contributed by atoms with Crippen LogP contribution in [0, 0.1) is 13.8 Å². The molecule has 0 atom stereocenters. The van der Waals surface area contributed by atoms with Crippen molar-refractivity contribution in [2.24, 2.45) is 5.73 Å². The van der Waals surface area contributed by atoms with Gasteiger partial charge in [-0.05, 0) is 44.0 Å². The van der Waals surface area contributed by atoms with E-state index in [9.17, 15) is 9.59 Å². The third-order valence-electron chi connectivity index (χ3n) is 3.54. The molecule has 0 aliphatic heterocycles. The highest BCUT2D eigenvalue weighted by molar-refractivity contribution is 7.99. The molecule has 1 aromatic carbocycles. The third kappa shape index (κ3) is 5.60. The monoisotopic (exact) mass is 361 g/mol. The first-order chi connectivity index (χ1) is 11.9. The molecule has 0 radical (unpaired) electrons. The van der Waals surface area contributed by atoms with Crippen LogP contribution in [-0.2, 0) is 22.6 Å². The van der Waals surface area contributed by atoms with Crippen LogP contribution in [-0.4, -0.2) is 32.3 Å². The number of anilines is 1. The first-order valence-electron chi connectivity index (χ1n) is 8.10. The lowest BCUT2D eigenvalue weighted by atomic mass is 10.1. The van der Waals surface area contributed by atoms with Crippen molar-refractivity contribution in [2.75, 3.05) is 11.1 Å². The van der Waals surface area contributed by atoms with Gasteiger partial charge in [-0.25, -0.2) is 0 Å². The van der Waals surface area contributed by atoms with Gasteiger partial charge in [-0.1, -0.05) is 17.8 Å². The van der Waals surface area contributed by atoms with E-state index in [1.807, 2.05) is 37.5 Å². The summed E-state index contributed by atoms with van der Waals surface area (Å²) in [5, 5.41) is 11.8. The number of benzene rings is 1. The summed E-state index contributed by atoms with van der Waals surface area (Å²) in [6, 6.07) is 5.93. The molecule has 2 aromatic rings. The quantitative estimate of drug-likeness (QED) is 0.701. The number of primary amides is 1. The van der Waals surface area contributed by atoms with E-state index in [1.165, 1.54) is 11.8 Å². The topological polar surface area (TPSA) is 103 Å². The van der Waals surface area contributed by atoms with Gasteiger partial charge < -0.3 is 15.6 Å². The summed E-state index contributed by atoms with van der Waals surface area (Å²) in [4.78, 5) is 23.1. The molecule has 134 valence electrons. The van der Waals surface area contributed by atoms with Crippen molar-refractivity contribution in [1.29, 1.82) is 0 Å². The van der Waals surface area contributed by atoms with Gasteiger partial charge in [-0.3, -0.25) is 9.59 Å². The Hall–Kier alpha value is -2.35. The Morgan fingerprint density at radius 2 is 1.88 bits per heavy atom. The number of aryl methyl sites for hydroxylation is 3. The number of hydrogen-bond donors (Lipinski definition) is 2. The molecule has 2 amide bonds. The van der Waals surface area contributed by atoms with Gasteiger partial charge in [0.05, 0.1) is 5.75 Å². The van der Waals surface area contributed by atoms with Crippen molar-refractivity contribution in [3.05, 3.63) is 35.2 Å². The highest BCUT2D eigenvalue weighted by Crippen LogP contribution is 2.19. The average molecular weight is 361 g/mol. The van der Waals surface area contributed by atoms with Gasteiger partial charge in [0.2, 0.25) is 11.8 Å². The van der Waals surface area contributed by atoms with Crippen LogP contribution in [0.2, 0.25) is 0 Å². The number of amides is 2. The Morgan fingerprint density at radius 1 is 1.20 bits per heavy atom. The Labute approximate surface area is 151 Å². The van der Waals surface area contributed by atoms with E-state index >= 15 is 0 Å². The Morgan fingerprint density at radius 3 is 2.48 bits per heavy atom. The molecule has 0 aliphatic rings. The number of hydrogen-bond acceptors (Lipinski definition) is 5. The van der Waals surface area contributed by atoms with Crippen LogP contribution in [0.1, 0.15) is 30.3 Å². The van der Waals surface area contributed by atoms with Crippen molar-refractivity contribution >= 4 is 29.3 Å². The van der Waals surface area contributed by atoms with Gasteiger partial charge in [0, 0.05) is 25.1 Å². The van der Waals surface area contributed by atoms with Crippen molar-refractivity contribution in [1.82, 2.24) is 14.8 Å². The minimum Gasteiger partial charge on any atom is -0.370 e. The molecule has 8 heteroatoms. The van der Waals surface area contributed by atoms with Gasteiger partial charge in [0.15, 0.2) is 5.16 Å². The molecule has 0 aliphatic carbocycles. The predicted octanol–water partition coefficient (Wildman–Crippen LogP) is 2.06. The third-order valence-corrected chi connectivity index (χ3v) is 4.51. The molecule has 0 unspecified atom stereocenters. The lowest BCUT2D eigenvalue weighted by molar-refractivity contribution is -0.118. The molecule has 1 heterocycles. The van der Waals surface area contributed by atoms with E-state index in [4.69, 9.17) is 5.73 Å². The van der Waals surface area contributed by atoms with Crippen molar-refractivity contribution in [3.8, 4) is 0 Å². The lowest BCUT2D eigenvalue weighted by Gasteiger charge is -2.08. The number of nitrogens with zero attached hydrogens (tertiary/aromatic N) is 3. The first-order valence-corrected chi connectivity index (χ1v) is 9.09. The summed E-state index contributed by atoms with van der Waals surface area (Å²) in [7, 11) is 0. The normalized spacial score (nSPS) is 10.7. The first kappa shape index (κ1) is 19.0. The molecule has 0 saturated carbocycles. The molecule has 1 aromatic heterocycles. The Kier molecular flexibility index (Phi) is 6.58. The largest absolute Gasteiger partial charge is 0.370 e. The molecule has 0 bridgehead atoms. The van der Waals surface area contributed by atoms with Crippen molar-refractivity contribution in [2.45, 2.75) is 45.3 Å². The molecule has 0 saturated heterocycles. The molecular formula is C17H23N5O2S. The molecule has 3 N–H and O–H groups in total. The molecule has 25 heavy (non-hydrogen) atoms. The number of rotatable bonds is 8. The zero-order chi connectivity index (χ0) is 18.4. The van der Waals surface area contributed by atoms with Crippen LogP contribution in [0.25, 0.3) is 0 Å². The highest BCUT2D eigenvalue weighted by atomic mass is 32.2. The van der Waals surface area contributed by atoms with E-state index in [2.05, 4.69) is 21.6 Å². The van der Waals surface area contributed by atoms with Crippen LogP contribution in [0.15, 0.2) is 23.4 Å². The molecule has 0 fully saturated rings. The zero-order valence-corrected chi connectivity index (χ0v) is 15.5. The maximum Gasteiger partial charge on any atom is 0.234 e. The summed E-state index contributed by atoms with van der Waals surface area (Å²) < 4.78 is 1.90. The van der Waals surface area contributed by atoms with Crippen LogP contribution < -0.4 is 11.1 Å². The van der Waals surface area contributed by atoms with Gasteiger partial charge in [0.1, 0.15) is 5.82 Å². The van der Waals surface area contributed by atoms with E-state index in [0.29, 0.717) is 23.9 Å². The lowest BCUT2D eigenvalue weighted by Crippen LogP contribution is -2.15. The fraction of sp³-hybridized carbons (Fsp3) is 0.412. The van der Waals surface area contributed by atoms with Crippen LogP contribution in [0.5, 0.6) is 0 Å². The van der Waals surface area contributed by atoms with E-state index < -0.39 is 0 Å². The maximum atomic E-state index is 12.2. The van der Waals surface area contributed by atoms with E-state index in [-0.39, 0.29) is 24.0 Å². The summed E-state index contributed by atoms with van der Waals surface area (Å²) in [6.07, 6.45) is 0.682. The zero-order valence-electron chi connectivity index (χ0n) is 14.7. The van der Waals surface area contributed by atoms with Crippen LogP contribution in [0.3, 0.4) is 0 Å². The summed E-state index contributed by atoms with van der Waals surface area (Å²) >= 11 is 1.32. The standard InChI is InChI=1S/C17H23N5O2S/c1-4-22-15(6-5-14(18)23)20-21-17(22)25-10-16(24)19-13-8-11(2)7-12(3)9-13/h7-9H,4-6,10H2,1-3H3,(H2,18,23)(H,19,24). The second-order valence-corrected chi connectivity index (χ2v) is 6.77. The average Bonchev–Trinajstić information content (AvgIpc) is 2.91. The number of nitrogens with two attached hydrogens (primary N) is 1. The number of nitrogens with one attached hydrogen (secondary N) is 1. The minimum atomic E-state index is -0.368. The molecular weight excluding hydrogens is 338 g/mol. The smallest absolute Gasteiger partial charge is 0.234 e. The number of aromatic nitrogens is 3. The van der Waals surface area contributed by atoms with E-state index in [0.717, 1.165) is 16.8 Å². The fourth-order valence-electron chi connectivity index (χ4n) is 2.54. The van der Waals surface area contributed by atoms with Crippen molar-refractivity contribution in [3.63, 3.8) is 0 Å². The number of carbonyl (C=O) groups excluding carboxylic acids is 2. The van der Waals surface area contributed by atoms with Crippen molar-refractivity contribution < 1.29 is 9.59 Å². The van der Waals surface area contributed by atoms with Crippen LogP contribution in [0.4, 0.5) is 5.69 Å². The number of carbonyl (C=O) groups is 2. The Balaban J connectivity index is 1.96. The van der Waals surface area contributed by atoms with E-state index in [1.54, 1.807) is 0 Å². The fourth-order valence-corrected chi connectivity index (χ4v) is 3.36. The summed E-state index contributed by atoms with van der Waals surface area (Å²) in [5.41, 5.74) is 8.18. The highest BCUT2D eigenvalue weighted by Gasteiger charge is 2.14. The summed E-state index contributed by atoms with van der Waals surface area (Å²) in [5.74, 6) is 0.478. The van der Waals surface area contributed by atoms with Gasteiger partial charge in [-0.2, -0.15) is 0 Å².